The molecule has 26 heavy (non-hydrogen) atoms. The minimum Gasteiger partial charge on any atom is -0.465 e. The smallest absolute Gasteiger partial charge is 0.339 e. The van der Waals surface area contributed by atoms with Crippen LogP contribution in [-0.4, -0.2) is 24.9 Å². The highest BCUT2D eigenvalue weighted by molar-refractivity contribution is 6.06. The van der Waals surface area contributed by atoms with Crippen LogP contribution >= 0.6 is 0 Å². The molecular weight excluding hydrogens is 339 g/mol. The number of para-hydroxylation sites is 1. The van der Waals surface area contributed by atoms with Crippen LogP contribution in [0, 0.1) is 17.7 Å². The highest BCUT2D eigenvalue weighted by Crippen LogP contribution is 2.40. The van der Waals surface area contributed by atoms with Gasteiger partial charge in [0, 0.05) is 5.69 Å². The summed E-state index contributed by atoms with van der Waals surface area (Å²) in [4.78, 5) is 36.3. The number of carbonyl (C=O) groups is 3. The zero-order valence-corrected chi connectivity index (χ0v) is 14.0. The number of rotatable bonds is 5. The Morgan fingerprint density at radius 1 is 0.962 bits per heavy atom. The summed E-state index contributed by atoms with van der Waals surface area (Å²) in [7, 11) is 1.26. The molecule has 0 radical (unpaired) electrons. The molecule has 3 rings (SSSR count). The number of benzene rings is 2. The number of ether oxygens (including phenoxy) is 1. The van der Waals surface area contributed by atoms with Crippen LogP contribution in [0.1, 0.15) is 16.8 Å². The molecule has 2 amide bonds. The summed E-state index contributed by atoms with van der Waals surface area (Å²) in [6.45, 7) is 0. The van der Waals surface area contributed by atoms with Crippen LogP contribution < -0.4 is 10.6 Å². The second-order valence-corrected chi connectivity index (χ2v) is 5.97. The number of halogens is 1. The molecule has 2 aromatic rings. The number of hydrogen-bond donors (Lipinski definition) is 2. The molecule has 2 atom stereocenters. The first kappa shape index (κ1) is 17.6. The summed E-state index contributed by atoms with van der Waals surface area (Å²) in [5, 5.41) is 5.33. The number of anilines is 2. The second-order valence-electron chi connectivity index (χ2n) is 5.97. The van der Waals surface area contributed by atoms with Crippen molar-refractivity contribution < 1.29 is 23.5 Å². The SMILES string of the molecule is COC(=O)c1ccccc1NC(=O)C1CC1C(=O)Nc1ccc(F)cc1. The van der Waals surface area contributed by atoms with Gasteiger partial charge in [-0.1, -0.05) is 12.1 Å². The van der Waals surface area contributed by atoms with Crippen LogP contribution in [0.3, 0.4) is 0 Å². The van der Waals surface area contributed by atoms with Crippen molar-refractivity contribution in [1.29, 1.82) is 0 Å². The molecule has 1 aliphatic rings. The molecule has 0 bridgehead atoms. The molecule has 2 N–H and O–H groups in total. The maximum atomic E-state index is 12.9. The molecule has 1 saturated carbocycles. The third kappa shape index (κ3) is 3.88. The van der Waals surface area contributed by atoms with E-state index < -0.39 is 23.6 Å². The topological polar surface area (TPSA) is 84.5 Å². The number of methoxy groups -OCH3 is 1. The van der Waals surface area contributed by atoms with E-state index in [9.17, 15) is 18.8 Å². The van der Waals surface area contributed by atoms with Gasteiger partial charge < -0.3 is 15.4 Å². The largest absolute Gasteiger partial charge is 0.465 e. The molecule has 1 aliphatic carbocycles. The Balaban J connectivity index is 1.60. The molecular formula is C19H17FN2O4. The lowest BCUT2D eigenvalue weighted by Gasteiger charge is -2.09. The summed E-state index contributed by atoms with van der Waals surface area (Å²) < 4.78 is 17.6. The molecule has 134 valence electrons. The van der Waals surface area contributed by atoms with E-state index in [1.807, 2.05) is 0 Å². The fraction of sp³-hybridized carbons (Fsp3) is 0.211. The molecule has 6 nitrogen and oxygen atoms in total. The third-order valence-electron chi connectivity index (χ3n) is 4.17. The Morgan fingerprint density at radius 3 is 2.23 bits per heavy atom. The second kappa shape index (κ2) is 7.35. The van der Waals surface area contributed by atoms with Gasteiger partial charge in [-0.3, -0.25) is 9.59 Å². The molecule has 1 fully saturated rings. The van der Waals surface area contributed by atoms with E-state index in [2.05, 4.69) is 15.4 Å². The van der Waals surface area contributed by atoms with Crippen molar-refractivity contribution in [2.24, 2.45) is 11.8 Å². The number of esters is 1. The summed E-state index contributed by atoms with van der Waals surface area (Å²) in [5.41, 5.74) is 1.06. The maximum Gasteiger partial charge on any atom is 0.339 e. The normalized spacial score (nSPS) is 17.9. The van der Waals surface area contributed by atoms with Crippen LogP contribution in [0.15, 0.2) is 48.5 Å². The minimum absolute atomic E-state index is 0.247. The van der Waals surface area contributed by atoms with E-state index in [1.165, 1.54) is 31.4 Å². The predicted octanol–water partition coefficient (Wildman–Crippen LogP) is 2.83. The van der Waals surface area contributed by atoms with Gasteiger partial charge in [-0.05, 0) is 42.8 Å². The van der Waals surface area contributed by atoms with Crippen molar-refractivity contribution in [2.45, 2.75) is 6.42 Å². The summed E-state index contributed by atoms with van der Waals surface area (Å²) >= 11 is 0. The molecule has 0 saturated heterocycles. The number of hydrogen-bond acceptors (Lipinski definition) is 4. The average molecular weight is 356 g/mol. The van der Waals surface area contributed by atoms with Crippen molar-refractivity contribution in [3.63, 3.8) is 0 Å². The third-order valence-corrected chi connectivity index (χ3v) is 4.17. The fourth-order valence-corrected chi connectivity index (χ4v) is 2.65. The lowest BCUT2D eigenvalue weighted by Crippen LogP contribution is -2.21. The average Bonchev–Trinajstić information content (AvgIpc) is 3.44. The Kier molecular flexibility index (Phi) is 4.97. The Morgan fingerprint density at radius 2 is 1.58 bits per heavy atom. The van der Waals surface area contributed by atoms with Gasteiger partial charge in [-0.2, -0.15) is 0 Å². The Hall–Kier alpha value is -3.22. The summed E-state index contributed by atoms with van der Waals surface area (Å²) in [6, 6.07) is 11.9. The van der Waals surface area contributed by atoms with Crippen LogP contribution in [0.25, 0.3) is 0 Å². The zero-order chi connectivity index (χ0) is 18.7. The predicted molar refractivity (Wildman–Crippen MR) is 93.0 cm³/mol. The zero-order valence-electron chi connectivity index (χ0n) is 14.0. The molecule has 0 spiro atoms. The monoisotopic (exact) mass is 356 g/mol. The van der Waals surface area contributed by atoms with E-state index in [1.54, 1.807) is 24.3 Å². The molecule has 2 unspecified atom stereocenters. The van der Waals surface area contributed by atoms with Gasteiger partial charge in [0.2, 0.25) is 11.8 Å². The minimum atomic E-state index is -0.553. The first-order valence-electron chi connectivity index (χ1n) is 8.04. The first-order valence-corrected chi connectivity index (χ1v) is 8.04. The van der Waals surface area contributed by atoms with E-state index in [0.29, 0.717) is 17.8 Å². The fourth-order valence-electron chi connectivity index (χ4n) is 2.65. The van der Waals surface area contributed by atoms with Gasteiger partial charge in [0.15, 0.2) is 0 Å². The van der Waals surface area contributed by atoms with E-state index >= 15 is 0 Å². The molecule has 0 heterocycles. The van der Waals surface area contributed by atoms with E-state index in [4.69, 9.17) is 0 Å². The van der Waals surface area contributed by atoms with Crippen molar-refractivity contribution >= 4 is 29.2 Å². The number of nitrogens with one attached hydrogen (secondary N) is 2. The van der Waals surface area contributed by atoms with Crippen molar-refractivity contribution in [3.8, 4) is 0 Å². The van der Waals surface area contributed by atoms with Gasteiger partial charge in [0.25, 0.3) is 0 Å². The van der Waals surface area contributed by atoms with E-state index in [-0.39, 0.29) is 17.4 Å². The Labute approximate surface area is 149 Å². The summed E-state index contributed by atoms with van der Waals surface area (Å²) in [6.07, 6.45) is 0.416. The van der Waals surface area contributed by atoms with Crippen LogP contribution in [-0.2, 0) is 14.3 Å². The maximum absolute atomic E-state index is 12.9. The number of amides is 2. The lowest BCUT2D eigenvalue weighted by atomic mass is 10.1. The van der Waals surface area contributed by atoms with Crippen molar-refractivity contribution in [2.75, 3.05) is 17.7 Å². The molecule has 0 aliphatic heterocycles. The van der Waals surface area contributed by atoms with Crippen LogP contribution in [0.5, 0.6) is 0 Å². The van der Waals surface area contributed by atoms with Crippen LogP contribution in [0.2, 0.25) is 0 Å². The number of carbonyl (C=O) groups excluding carboxylic acids is 3. The van der Waals surface area contributed by atoms with Gasteiger partial charge in [0.05, 0.1) is 30.2 Å². The van der Waals surface area contributed by atoms with Gasteiger partial charge in [-0.25, -0.2) is 9.18 Å². The standard InChI is InChI=1S/C19H17FN2O4/c1-26-19(25)13-4-2-3-5-16(13)22-18(24)15-10-14(15)17(23)21-12-8-6-11(20)7-9-12/h2-9,14-15H,10H2,1H3,(H,21,23)(H,22,24). The van der Waals surface area contributed by atoms with Crippen LogP contribution in [0.4, 0.5) is 15.8 Å². The molecule has 7 heteroatoms. The van der Waals surface area contributed by atoms with Gasteiger partial charge >= 0.3 is 5.97 Å². The highest BCUT2D eigenvalue weighted by Gasteiger charge is 2.48. The van der Waals surface area contributed by atoms with Crippen molar-refractivity contribution in [3.05, 3.63) is 59.9 Å². The quantitative estimate of drug-likeness (QED) is 0.807. The summed E-state index contributed by atoms with van der Waals surface area (Å²) in [5.74, 6) is -2.50. The molecule has 2 aromatic carbocycles. The first-order chi connectivity index (χ1) is 12.5. The Bertz CT molecular complexity index is 851. The van der Waals surface area contributed by atoms with Crippen molar-refractivity contribution in [1.82, 2.24) is 0 Å². The molecule has 0 aromatic heterocycles. The lowest BCUT2D eigenvalue weighted by molar-refractivity contribution is -0.122. The van der Waals surface area contributed by atoms with Gasteiger partial charge in [0.1, 0.15) is 5.82 Å². The van der Waals surface area contributed by atoms with E-state index in [0.717, 1.165) is 0 Å². The highest BCUT2D eigenvalue weighted by atomic mass is 19.1. The van der Waals surface area contributed by atoms with Gasteiger partial charge in [-0.15, -0.1) is 0 Å².